The van der Waals surface area contributed by atoms with E-state index in [1.54, 1.807) is 0 Å². The molecule has 0 aromatic heterocycles. The van der Waals surface area contributed by atoms with Gasteiger partial charge in [-0.25, -0.2) is 0 Å². The summed E-state index contributed by atoms with van der Waals surface area (Å²) >= 11 is 0. The van der Waals surface area contributed by atoms with Gasteiger partial charge >= 0.3 is 0 Å². The molecule has 1 unspecified atom stereocenters. The average Bonchev–Trinajstić information content (AvgIpc) is 3.20. The molecule has 4 N–H and O–H groups in total. The van der Waals surface area contributed by atoms with Crippen LogP contribution in [0.1, 0.15) is 43.8 Å². The van der Waals surface area contributed by atoms with Gasteiger partial charge in [-0.05, 0) is 31.7 Å². The summed E-state index contributed by atoms with van der Waals surface area (Å²) in [6, 6.07) is 8.09. The van der Waals surface area contributed by atoms with Gasteiger partial charge in [0, 0.05) is 31.6 Å². The molecule has 0 bridgehead atoms. The number of hydrogen-bond donors (Lipinski definition) is 4. The number of amides is 1. The Hall–Kier alpha value is -2.28. The minimum Gasteiger partial charge on any atom is -0.354 e. The first-order chi connectivity index (χ1) is 12.2. The molecule has 0 radical (unpaired) electrons. The normalized spacial score (nSPS) is 23.8. The Bertz CT molecular complexity index is 669. The zero-order valence-corrected chi connectivity index (χ0v) is 14.3. The summed E-state index contributed by atoms with van der Waals surface area (Å²) in [5, 5.41) is 13.9. The Labute approximate surface area is 147 Å². The highest BCUT2D eigenvalue weighted by atomic mass is 16.7. The molecule has 7 nitrogen and oxygen atoms in total. The lowest BCUT2D eigenvalue weighted by Gasteiger charge is -2.38. The lowest BCUT2D eigenvalue weighted by atomic mass is 9.88. The van der Waals surface area contributed by atoms with Crippen molar-refractivity contribution < 1.29 is 9.63 Å². The van der Waals surface area contributed by atoms with E-state index in [4.69, 9.17) is 10.2 Å². The molecule has 1 spiro atoms. The number of anilines is 1. The predicted molar refractivity (Wildman–Crippen MR) is 95.2 cm³/mol. The van der Waals surface area contributed by atoms with Crippen LogP contribution in [0.5, 0.6) is 0 Å². The van der Waals surface area contributed by atoms with E-state index in [9.17, 15) is 4.79 Å². The van der Waals surface area contributed by atoms with Gasteiger partial charge in [-0.3, -0.25) is 20.5 Å². The van der Waals surface area contributed by atoms with Crippen molar-refractivity contribution in [1.82, 2.24) is 15.5 Å². The van der Waals surface area contributed by atoms with Gasteiger partial charge in [0.05, 0.1) is 11.2 Å². The summed E-state index contributed by atoms with van der Waals surface area (Å²) in [5.74, 6) is 0.639. The highest BCUT2D eigenvalue weighted by molar-refractivity contribution is 5.80. The number of nitrogens with one attached hydrogen (secondary N) is 4. The second kappa shape index (κ2) is 6.55. The quantitative estimate of drug-likeness (QED) is 0.669. The summed E-state index contributed by atoms with van der Waals surface area (Å²) in [6.07, 6.45) is 4.07. The second-order valence-corrected chi connectivity index (χ2v) is 7.20. The molecule has 25 heavy (non-hydrogen) atoms. The van der Waals surface area contributed by atoms with Crippen LogP contribution in [0.15, 0.2) is 24.3 Å². The van der Waals surface area contributed by atoms with Crippen LogP contribution >= 0.6 is 0 Å². The molecule has 1 amide bonds. The number of carbonyl (C=O) groups is 1. The van der Waals surface area contributed by atoms with E-state index in [0.717, 1.165) is 51.0 Å². The first-order valence-corrected chi connectivity index (χ1v) is 9.04. The lowest BCUT2D eigenvalue weighted by molar-refractivity contribution is -0.133. The highest BCUT2D eigenvalue weighted by Gasteiger charge is 2.39. The van der Waals surface area contributed by atoms with Crippen LogP contribution in [-0.4, -0.2) is 41.9 Å². The molecule has 1 atom stereocenters. The maximum atomic E-state index is 12.5. The fraction of sp³-hybridized carbons (Fsp3) is 0.556. The van der Waals surface area contributed by atoms with Gasteiger partial charge in [-0.1, -0.05) is 18.2 Å². The van der Waals surface area contributed by atoms with Crippen molar-refractivity contribution in [3.05, 3.63) is 29.8 Å². The Morgan fingerprint density at radius 1 is 1.32 bits per heavy atom. The highest BCUT2D eigenvalue weighted by Crippen LogP contribution is 2.35. The SMILES string of the molecule is N=C1NCC2(CCN(C(=O)CCCC3ONc4ccccc43)CC2)N1. The van der Waals surface area contributed by atoms with Crippen molar-refractivity contribution >= 4 is 17.6 Å². The number of carbonyl (C=O) groups excluding carboxylic acids is 1. The Balaban J connectivity index is 1.22. The number of piperidine rings is 1. The van der Waals surface area contributed by atoms with E-state index in [1.165, 1.54) is 5.56 Å². The third-order valence-electron chi connectivity index (χ3n) is 5.54. The molecule has 7 heteroatoms. The van der Waals surface area contributed by atoms with E-state index in [2.05, 4.69) is 22.2 Å². The van der Waals surface area contributed by atoms with Crippen LogP contribution in [0.2, 0.25) is 0 Å². The lowest BCUT2D eigenvalue weighted by Crippen LogP contribution is -2.53. The molecule has 1 aromatic carbocycles. The first kappa shape index (κ1) is 16.2. The second-order valence-electron chi connectivity index (χ2n) is 7.20. The summed E-state index contributed by atoms with van der Waals surface area (Å²) in [5.41, 5.74) is 5.14. The molecule has 0 saturated carbocycles. The first-order valence-electron chi connectivity index (χ1n) is 9.04. The van der Waals surface area contributed by atoms with Crippen LogP contribution in [0.25, 0.3) is 0 Å². The smallest absolute Gasteiger partial charge is 0.222 e. The van der Waals surface area contributed by atoms with Crippen molar-refractivity contribution in [3.8, 4) is 0 Å². The topological polar surface area (TPSA) is 89.5 Å². The molecule has 0 aliphatic carbocycles. The summed E-state index contributed by atoms with van der Waals surface area (Å²) in [4.78, 5) is 20.1. The molecule has 3 aliphatic heterocycles. The number of rotatable bonds is 4. The van der Waals surface area contributed by atoms with Crippen molar-refractivity contribution in [3.63, 3.8) is 0 Å². The molecular formula is C18H25N5O2. The predicted octanol–water partition coefficient (Wildman–Crippen LogP) is 1.74. The maximum absolute atomic E-state index is 12.5. The van der Waals surface area contributed by atoms with Crippen molar-refractivity contribution in [1.29, 1.82) is 5.41 Å². The Morgan fingerprint density at radius 2 is 2.12 bits per heavy atom. The molecule has 134 valence electrons. The van der Waals surface area contributed by atoms with Gasteiger partial charge in [0.2, 0.25) is 5.91 Å². The molecule has 3 heterocycles. The zero-order valence-electron chi connectivity index (χ0n) is 14.3. The van der Waals surface area contributed by atoms with E-state index in [0.29, 0.717) is 12.4 Å². The Morgan fingerprint density at radius 3 is 2.88 bits per heavy atom. The van der Waals surface area contributed by atoms with E-state index >= 15 is 0 Å². The van der Waals surface area contributed by atoms with E-state index in [-0.39, 0.29) is 17.6 Å². The molecule has 2 fully saturated rings. The number of para-hydroxylation sites is 1. The number of likely N-dealkylation sites (tertiary alicyclic amines) is 1. The molecule has 3 aliphatic rings. The van der Waals surface area contributed by atoms with Gasteiger partial charge in [-0.2, -0.15) is 0 Å². The largest absolute Gasteiger partial charge is 0.354 e. The van der Waals surface area contributed by atoms with Crippen molar-refractivity contribution in [2.75, 3.05) is 25.1 Å². The fourth-order valence-corrected chi connectivity index (χ4v) is 3.98. The number of fused-ring (bicyclic) bond motifs is 1. The van der Waals surface area contributed by atoms with Crippen molar-refractivity contribution in [2.24, 2.45) is 0 Å². The molecule has 2 saturated heterocycles. The van der Waals surface area contributed by atoms with Gasteiger partial charge in [0.15, 0.2) is 5.96 Å². The van der Waals surface area contributed by atoms with Crippen LogP contribution in [0, 0.1) is 5.41 Å². The average molecular weight is 343 g/mol. The summed E-state index contributed by atoms with van der Waals surface area (Å²) in [6.45, 7) is 2.33. The van der Waals surface area contributed by atoms with Crippen LogP contribution in [0.3, 0.4) is 0 Å². The van der Waals surface area contributed by atoms with Gasteiger partial charge in [0.1, 0.15) is 6.10 Å². The summed E-state index contributed by atoms with van der Waals surface area (Å²) < 4.78 is 0. The summed E-state index contributed by atoms with van der Waals surface area (Å²) in [7, 11) is 0. The number of guanidine groups is 1. The fourth-order valence-electron chi connectivity index (χ4n) is 3.98. The van der Waals surface area contributed by atoms with Crippen LogP contribution in [-0.2, 0) is 9.63 Å². The third-order valence-corrected chi connectivity index (χ3v) is 5.54. The van der Waals surface area contributed by atoms with E-state index in [1.807, 2.05) is 23.1 Å². The van der Waals surface area contributed by atoms with Gasteiger partial charge in [0.25, 0.3) is 0 Å². The van der Waals surface area contributed by atoms with Gasteiger partial charge < -0.3 is 15.5 Å². The number of nitrogens with zero attached hydrogens (tertiary/aromatic N) is 1. The number of benzene rings is 1. The molecular weight excluding hydrogens is 318 g/mol. The minimum atomic E-state index is -0.0269. The zero-order chi connectivity index (χ0) is 17.3. The standard InChI is InChI=1S/C18H25N5O2/c19-17-20-12-18(21-17)8-10-23(11-9-18)16(24)7-3-6-15-13-4-1-2-5-14(13)22-25-15/h1-2,4-5,15,22H,3,6-12H2,(H3,19,20,21). The van der Waals surface area contributed by atoms with Crippen LogP contribution < -0.4 is 16.1 Å². The van der Waals surface area contributed by atoms with E-state index < -0.39 is 0 Å². The maximum Gasteiger partial charge on any atom is 0.222 e. The minimum absolute atomic E-state index is 0.0269. The Kier molecular flexibility index (Phi) is 4.25. The van der Waals surface area contributed by atoms with Gasteiger partial charge in [-0.15, -0.1) is 0 Å². The third kappa shape index (κ3) is 3.28. The van der Waals surface area contributed by atoms with Crippen molar-refractivity contribution in [2.45, 2.75) is 43.7 Å². The van der Waals surface area contributed by atoms with Crippen LogP contribution in [0.4, 0.5) is 5.69 Å². The molecule has 1 aromatic rings. The monoisotopic (exact) mass is 343 g/mol. The molecule has 4 rings (SSSR count). The number of hydrogen-bond acceptors (Lipinski definition) is 4.